The third-order valence-electron chi connectivity index (χ3n) is 6.14. The average Bonchev–Trinajstić information content (AvgIpc) is 3.05. The molecule has 27 heavy (non-hydrogen) atoms. The van der Waals surface area contributed by atoms with Gasteiger partial charge in [0.05, 0.1) is 0 Å². The minimum Gasteiger partial charge on any atom is -0.347 e. The minimum absolute atomic E-state index is 0.764. The molecule has 2 nitrogen and oxygen atoms in total. The molecule has 0 amide bonds. The number of para-hydroxylation sites is 1. The Kier molecular flexibility index (Phi) is 5.94. The third-order valence-corrected chi connectivity index (χ3v) is 6.14. The normalized spacial score (nSPS) is 15.4. The molecule has 1 aliphatic rings. The highest BCUT2D eigenvalue weighted by molar-refractivity contribution is 5.83. The molecular weight excluding hydrogens is 328 g/mol. The summed E-state index contributed by atoms with van der Waals surface area (Å²) in [6.45, 7) is 5.68. The van der Waals surface area contributed by atoms with Gasteiger partial charge in [-0.25, -0.2) is 0 Å². The molecule has 1 aliphatic heterocycles. The Balaban J connectivity index is 1.23. The number of aromatic nitrogens is 1. The van der Waals surface area contributed by atoms with Crippen molar-refractivity contribution in [3.63, 3.8) is 0 Å². The number of nitrogens with one attached hydrogen (secondary N) is 1. The monoisotopic (exact) mass is 360 g/mol. The number of rotatable bonds is 7. The molecule has 4 rings (SSSR count). The first-order chi connectivity index (χ1) is 13.3. The number of hydrogen-bond acceptors (Lipinski definition) is 1. The number of nitrogens with zero attached hydrogens (tertiary/aromatic N) is 1. The molecule has 0 unspecified atom stereocenters. The van der Waals surface area contributed by atoms with Crippen LogP contribution in [-0.2, 0) is 13.0 Å². The Morgan fingerprint density at radius 3 is 2.52 bits per heavy atom. The molecule has 142 valence electrons. The third kappa shape index (κ3) is 4.44. The van der Waals surface area contributed by atoms with Crippen LogP contribution in [0.25, 0.3) is 10.9 Å². The first-order valence-electron chi connectivity index (χ1n) is 10.7. The largest absolute Gasteiger partial charge is 0.347 e. The lowest BCUT2D eigenvalue weighted by molar-refractivity contribution is 0.460. The van der Waals surface area contributed by atoms with Crippen LogP contribution in [0.1, 0.15) is 54.7 Å². The van der Waals surface area contributed by atoms with Gasteiger partial charge in [0.25, 0.3) is 0 Å². The Bertz CT molecular complexity index is 854. The molecule has 2 aromatic carbocycles. The lowest BCUT2D eigenvalue weighted by Crippen LogP contribution is -2.26. The van der Waals surface area contributed by atoms with Crippen molar-refractivity contribution in [1.82, 2.24) is 9.88 Å². The van der Waals surface area contributed by atoms with E-state index in [2.05, 4.69) is 71.5 Å². The summed E-state index contributed by atoms with van der Waals surface area (Å²) in [6.07, 6.45) is 9.92. The number of piperidine rings is 1. The maximum Gasteiger partial charge on any atom is 0.0483 e. The van der Waals surface area contributed by atoms with Gasteiger partial charge in [0, 0.05) is 23.6 Å². The quantitative estimate of drug-likeness (QED) is 0.525. The maximum absolute atomic E-state index is 3.46. The van der Waals surface area contributed by atoms with Gasteiger partial charge in [0.1, 0.15) is 0 Å². The van der Waals surface area contributed by atoms with Crippen LogP contribution < -0.4 is 5.32 Å². The second-order valence-electron chi connectivity index (χ2n) is 8.10. The van der Waals surface area contributed by atoms with Crippen LogP contribution in [0.3, 0.4) is 0 Å². The molecule has 0 spiro atoms. The Morgan fingerprint density at radius 2 is 1.70 bits per heavy atom. The molecule has 3 aromatic rings. The molecular formula is C25H32N2. The van der Waals surface area contributed by atoms with Crippen molar-refractivity contribution in [2.45, 2.75) is 57.9 Å². The van der Waals surface area contributed by atoms with Crippen LogP contribution in [0, 0.1) is 6.92 Å². The molecule has 1 aromatic heterocycles. The van der Waals surface area contributed by atoms with E-state index in [0.717, 1.165) is 12.5 Å². The first kappa shape index (κ1) is 18.3. The van der Waals surface area contributed by atoms with Crippen LogP contribution in [0.15, 0.2) is 54.7 Å². The van der Waals surface area contributed by atoms with Gasteiger partial charge in [-0.05, 0) is 80.8 Å². The predicted molar refractivity (Wildman–Crippen MR) is 116 cm³/mol. The molecule has 0 atom stereocenters. The van der Waals surface area contributed by atoms with Crippen LogP contribution in [0.4, 0.5) is 0 Å². The SMILES string of the molecule is Cc1cn(CCCCCc2ccc(C3CCNCC3)cc2)c2ccccc12. The zero-order valence-corrected chi connectivity index (χ0v) is 16.6. The number of hydrogen-bond donors (Lipinski definition) is 1. The fourth-order valence-corrected chi connectivity index (χ4v) is 4.52. The molecule has 1 saturated heterocycles. The summed E-state index contributed by atoms with van der Waals surface area (Å²) >= 11 is 0. The van der Waals surface area contributed by atoms with Crippen molar-refractivity contribution in [1.29, 1.82) is 0 Å². The van der Waals surface area contributed by atoms with E-state index in [1.807, 2.05) is 0 Å². The van der Waals surface area contributed by atoms with Gasteiger partial charge in [0.2, 0.25) is 0 Å². The first-order valence-corrected chi connectivity index (χ1v) is 10.7. The smallest absolute Gasteiger partial charge is 0.0483 e. The lowest BCUT2D eigenvalue weighted by Gasteiger charge is -2.23. The zero-order chi connectivity index (χ0) is 18.5. The number of benzene rings is 2. The van der Waals surface area contributed by atoms with Gasteiger partial charge in [-0.15, -0.1) is 0 Å². The molecule has 1 N–H and O–H groups in total. The fraction of sp³-hybridized carbons (Fsp3) is 0.440. The summed E-state index contributed by atoms with van der Waals surface area (Å²) in [5.74, 6) is 0.764. The zero-order valence-electron chi connectivity index (χ0n) is 16.6. The van der Waals surface area contributed by atoms with Crippen molar-refractivity contribution in [3.8, 4) is 0 Å². The standard InChI is InChI=1S/C25H32N2/c1-20-19-27(25-9-5-4-8-24(20)25)18-6-2-3-7-21-10-12-22(13-11-21)23-14-16-26-17-15-23/h4-5,8-13,19,23,26H,2-3,6-7,14-18H2,1H3. The molecule has 0 aliphatic carbocycles. The predicted octanol–water partition coefficient (Wildman–Crippen LogP) is 5.83. The van der Waals surface area contributed by atoms with Crippen molar-refractivity contribution in [2.75, 3.05) is 13.1 Å². The van der Waals surface area contributed by atoms with Crippen molar-refractivity contribution in [2.24, 2.45) is 0 Å². The molecule has 0 radical (unpaired) electrons. The Hall–Kier alpha value is -2.06. The molecule has 1 fully saturated rings. The van der Waals surface area contributed by atoms with Crippen LogP contribution in [0.5, 0.6) is 0 Å². The van der Waals surface area contributed by atoms with E-state index in [4.69, 9.17) is 0 Å². The lowest BCUT2D eigenvalue weighted by atomic mass is 9.89. The van der Waals surface area contributed by atoms with E-state index in [9.17, 15) is 0 Å². The van der Waals surface area contributed by atoms with E-state index in [1.165, 1.54) is 79.2 Å². The number of fused-ring (bicyclic) bond motifs is 1. The summed E-state index contributed by atoms with van der Waals surface area (Å²) in [6, 6.07) is 18.2. The molecule has 0 bridgehead atoms. The van der Waals surface area contributed by atoms with Crippen LogP contribution in [0.2, 0.25) is 0 Å². The summed E-state index contributed by atoms with van der Waals surface area (Å²) in [5, 5.41) is 4.85. The second-order valence-corrected chi connectivity index (χ2v) is 8.10. The second kappa shape index (κ2) is 8.75. The summed E-state index contributed by atoms with van der Waals surface area (Å²) in [5.41, 5.74) is 5.80. The van der Waals surface area contributed by atoms with E-state index >= 15 is 0 Å². The minimum atomic E-state index is 0.764. The Labute approximate surface area is 163 Å². The van der Waals surface area contributed by atoms with Gasteiger partial charge < -0.3 is 9.88 Å². The average molecular weight is 361 g/mol. The highest BCUT2D eigenvalue weighted by Crippen LogP contribution is 2.25. The van der Waals surface area contributed by atoms with Crippen LogP contribution in [-0.4, -0.2) is 17.7 Å². The maximum atomic E-state index is 3.46. The van der Waals surface area contributed by atoms with E-state index < -0.39 is 0 Å². The van der Waals surface area contributed by atoms with Crippen molar-refractivity contribution >= 4 is 10.9 Å². The van der Waals surface area contributed by atoms with Crippen LogP contribution >= 0.6 is 0 Å². The number of aryl methyl sites for hydroxylation is 3. The Morgan fingerprint density at radius 1 is 0.926 bits per heavy atom. The number of unbranched alkanes of at least 4 members (excludes halogenated alkanes) is 2. The topological polar surface area (TPSA) is 17.0 Å². The van der Waals surface area contributed by atoms with Gasteiger partial charge in [0.15, 0.2) is 0 Å². The van der Waals surface area contributed by atoms with E-state index in [0.29, 0.717) is 0 Å². The van der Waals surface area contributed by atoms with Gasteiger partial charge >= 0.3 is 0 Å². The van der Waals surface area contributed by atoms with Gasteiger partial charge in [-0.2, -0.15) is 0 Å². The van der Waals surface area contributed by atoms with Crippen molar-refractivity contribution < 1.29 is 0 Å². The molecule has 0 saturated carbocycles. The highest BCUT2D eigenvalue weighted by Gasteiger charge is 2.14. The molecule has 2 heterocycles. The molecule has 2 heteroatoms. The van der Waals surface area contributed by atoms with Gasteiger partial charge in [-0.3, -0.25) is 0 Å². The summed E-state index contributed by atoms with van der Waals surface area (Å²) in [4.78, 5) is 0. The summed E-state index contributed by atoms with van der Waals surface area (Å²) < 4.78 is 2.43. The van der Waals surface area contributed by atoms with Gasteiger partial charge in [-0.1, -0.05) is 48.9 Å². The van der Waals surface area contributed by atoms with Crippen molar-refractivity contribution in [3.05, 3.63) is 71.4 Å². The highest BCUT2D eigenvalue weighted by atomic mass is 15.0. The fourth-order valence-electron chi connectivity index (χ4n) is 4.52. The van der Waals surface area contributed by atoms with E-state index in [1.54, 1.807) is 0 Å². The van der Waals surface area contributed by atoms with E-state index in [-0.39, 0.29) is 0 Å². The summed E-state index contributed by atoms with van der Waals surface area (Å²) in [7, 11) is 0.